The molecule has 0 aliphatic heterocycles. The van der Waals surface area contributed by atoms with Gasteiger partial charge in [0.25, 0.3) is 0 Å². The molecule has 0 radical (unpaired) electrons. The fourth-order valence-corrected chi connectivity index (χ4v) is 3.35. The van der Waals surface area contributed by atoms with Crippen molar-refractivity contribution >= 4 is 33.5 Å². The molecule has 0 bridgehead atoms. The molecule has 0 saturated carbocycles. The molecule has 2 nitrogen and oxygen atoms in total. The summed E-state index contributed by atoms with van der Waals surface area (Å²) in [4.78, 5) is 13.6. The van der Waals surface area contributed by atoms with Crippen molar-refractivity contribution in [1.29, 1.82) is 0 Å². The van der Waals surface area contributed by atoms with Gasteiger partial charge in [0.05, 0.1) is 12.0 Å². The molecule has 0 saturated heterocycles. The maximum atomic E-state index is 11.7. The molecule has 0 amide bonds. The highest BCUT2D eigenvalue weighted by atomic mass is 79.9. The second-order valence-corrected chi connectivity index (χ2v) is 5.95. The van der Waals surface area contributed by atoms with E-state index in [4.69, 9.17) is 4.74 Å². The van der Waals surface area contributed by atoms with E-state index in [9.17, 15) is 4.79 Å². The molecular formula is C15H13BrO2S. The molecule has 0 N–H and O–H groups in total. The third-order valence-corrected chi connectivity index (χ3v) is 4.22. The number of ketones is 1. The second kappa shape index (κ2) is 6.26. The molecular weight excluding hydrogens is 324 g/mol. The van der Waals surface area contributed by atoms with E-state index in [1.807, 2.05) is 42.5 Å². The van der Waals surface area contributed by atoms with E-state index in [0.29, 0.717) is 0 Å². The van der Waals surface area contributed by atoms with E-state index in [0.717, 1.165) is 25.6 Å². The number of hydrogen-bond acceptors (Lipinski definition) is 3. The molecule has 0 fully saturated rings. The zero-order chi connectivity index (χ0) is 13.8. The third-order valence-electron chi connectivity index (χ3n) is 2.61. The minimum atomic E-state index is 0.0601. The Bertz CT molecular complexity index is 611. The number of benzene rings is 2. The Morgan fingerprint density at radius 1 is 1.16 bits per heavy atom. The van der Waals surface area contributed by atoms with Crippen LogP contribution in [-0.2, 0) is 0 Å². The number of Topliss-reactive ketones (excluding diaryl/α,β-unsaturated/α-hetero) is 1. The molecule has 98 valence electrons. The molecule has 2 rings (SSSR count). The van der Waals surface area contributed by atoms with Crippen LogP contribution in [0.25, 0.3) is 0 Å². The van der Waals surface area contributed by atoms with E-state index in [2.05, 4.69) is 15.9 Å². The summed E-state index contributed by atoms with van der Waals surface area (Å²) in [6.07, 6.45) is 0. The van der Waals surface area contributed by atoms with Crippen LogP contribution >= 0.6 is 27.7 Å². The average Bonchev–Trinajstić information content (AvgIpc) is 2.39. The molecule has 0 aromatic heterocycles. The van der Waals surface area contributed by atoms with Gasteiger partial charge in [-0.05, 0) is 37.3 Å². The van der Waals surface area contributed by atoms with Gasteiger partial charge in [-0.3, -0.25) is 4.79 Å². The van der Waals surface area contributed by atoms with Crippen molar-refractivity contribution < 1.29 is 9.53 Å². The first-order valence-electron chi connectivity index (χ1n) is 5.73. The first-order valence-corrected chi connectivity index (χ1v) is 7.34. The summed E-state index contributed by atoms with van der Waals surface area (Å²) in [7, 11) is 1.65. The number of halogens is 1. The van der Waals surface area contributed by atoms with Crippen molar-refractivity contribution in [3.8, 4) is 5.75 Å². The van der Waals surface area contributed by atoms with Gasteiger partial charge in [-0.2, -0.15) is 0 Å². The van der Waals surface area contributed by atoms with Crippen LogP contribution in [0.4, 0.5) is 0 Å². The van der Waals surface area contributed by atoms with E-state index in [1.54, 1.807) is 14.0 Å². The van der Waals surface area contributed by atoms with Crippen LogP contribution < -0.4 is 4.74 Å². The molecule has 0 atom stereocenters. The van der Waals surface area contributed by atoms with Crippen molar-refractivity contribution in [2.75, 3.05) is 7.11 Å². The zero-order valence-electron chi connectivity index (χ0n) is 10.6. The summed E-state index contributed by atoms with van der Waals surface area (Å²) in [5.74, 6) is 0.867. The Labute approximate surface area is 125 Å². The lowest BCUT2D eigenvalue weighted by Gasteiger charge is -2.10. The van der Waals surface area contributed by atoms with Crippen LogP contribution in [0.15, 0.2) is 56.7 Å². The Kier molecular flexibility index (Phi) is 4.66. The van der Waals surface area contributed by atoms with Crippen LogP contribution in [0, 0.1) is 0 Å². The van der Waals surface area contributed by atoms with Crippen LogP contribution in [0.2, 0.25) is 0 Å². The van der Waals surface area contributed by atoms with Crippen molar-refractivity contribution in [3.63, 3.8) is 0 Å². The fourth-order valence-electron chi connectivity index (χ4n) is 1.69. The molecule has 0 aliphatic carbocycles. The first kappa shape index (κ1) is 14.2. The van der Waals surface area contributed by atoms with E-state index < -0.39 is 0 Å². The Balaban J connectivity index is 2.42. The minimum absolute atomic E-state index is 0.0601. The number of carbonyl (C=O) groups is 1. The molecule has 19 heavy (non-hydrogen) atoms. The summed E-state index contributed by atoms with van der Waals surface area (Å²) in [5.41, 5.74) is 0.721. The van der Waals surface area contributed by atoms with Gasteiger partial charge in [0.2, 0.25) is 0 Å². The minimum Gasteiger partial charge on any atom is -0.496 e. The predicted octanol–water partition coefficient (Wildman–Crippen LogP) is 4.81. The normalized spacial score (nSPS) is 10.3. The summed E-state index contributed by atoms with van der Waals surface area (Å²) in [6, 6.07) is 13.4. The standard InChI is InChI=1S/C15H13BrO2S/c1-10(17)12-8-7-11(16)9-15(12)19-14-6-4-3-5-13(14)18-2/h3-9H,1-2H3. The van der Waals surface area contributed by atoms with Crippen molar-refractivity contribution in [2.24, 2.45) is 0 Å². The predicted molar refractivity (Wildman–Crippen MR) is 81.3 cm³/mol. The van der Waals surface area contributed by atoms with E-state index >= 15 is 0 Å². The summed E-state index contributed by atoms with van der Waals surface area (Å²) >= 11 is 4.97. The highest BCUT2D eigenvalue weighted by Gasteiger charge is 2.11. The molecule has 0 aliphatic rings. The Hall–Kier alpha value is -1.26. The van der Waals surface area contributed by atoms with Gasteiger partial charge in [0.1, 0.15) is 5.75 Å². The van der Waals surface area contributed by atoms with E-state index in [-0.39, 0.29) is 5.78 Å². The van der Waals surface area contributed by atoms with Crippen molar-refractivity contribution in [3.05, 3.63) is 52.5 Å². The topological polar surface area (TPSA) is 26.3 Å². The highest BCUT2D eigenvalue weighted by Crippen LogP contribution is 2.37. The van der Waals surface area contributed by atoms with Gasteiger partial charge in [-0.1, -0.05) is 39.8 Å². The second-order valence-electron chi connectivity index (χ2n) is 3.95. The van der Waals surface area contributed by atoms with Gasteiger partial charge in [-0.25, -0.2) is 0 Å². The van der Waals surface area contributed by atoms with Crippen LogP contribution in [0.3, 0.4) is 0 Å². The maximum Gasteiger partial charge on any atom is 0.160 e. The van der Waals surface area contributed by atoms with Gasteiger partial charge in [0.15, 0.2) is 5.78 Å². The molecule has 0 heterocycles. The smallest absolute Gasteiger partial charge is 0.160 e. The fraction of sp³-hybridized carbons (Fsp3) is 0.133. The van der Waals surface area contributed by atoms with Gasteiger partial charge < -0.3 is 4.74 Å². The largest absolute Gasteiger partial charge is 0.496 e. The monoisotopic (exact) mass is 336 g/mol. The first-order chi connectivity index (χ1) is 9.11. The zero-order valence-corrected chi connectivity index (χ0v) is 13.0. The summed E-state index contributed by atoms with van der Waals surface area (Å²) in [5, 5.41) is 0. The number of para-hydroxylation sites is 1. The van der Waals surface area contributed by atoms with Crippen LogP contribution in [-0.4, -0.2) is 12.9 Å². The Morgan fingerprint density at radius 3 is 2.58 bits per heavy atom. The summed E-state index contributed by atoms with van der Waals surface area (Å²) in [6.45, 7) is 1.58. The highest BCUT2D eigenvalue weighted by molar-refractivity contribution is 9.10. The molecule has 0 unspecified atom stereocenters. The molecule has 4 heteroatoms. The lowest BCUT2D eigenvalue weighted by Crippen LogP contribution is -1.95. The van der Waals surface area contributed by atoms with Gasteiger partial charge in [-0.15, -0.1) is 0 Å². The van der Waals surface area contributed by atoms with Crippen molar-refractivity contribution in [2.45, 2.75) is 16.7 Å². The average molecular weight is 337 g/mol. The molecule has 0 spiro atoms. The number of hydrogen-bond donors (Lipinski definition) is 0. The van der Waals surface area contributed by atoms with E-state index in [1.165, 1.54) is 11.8 Å². The van der Waals surface area contributed by atoms with Crippen LogP contribution in [0.5, 0.6) is 5.75 Å². The van der Waals surface area contributed by atoms with Crippen LogP contribution in [0.1, 0.15) is 17.3 Å². The molecule has 2 aromatic rings. The number of rotatable bonds is 4. The SMILES string of the molecule is COc1ccccc1Sc1cc(Br)ccc1C(C)=O. The lowest BCUT2D eigenvalue weighted by molar-refractivity contribution is 0.101. The maximum absolute atomic E-state index is 11.7. The number of carbonyl (C=O) groups excluding carboxylic acids is 1. The quantitative estimate of drug-likeness (QED) is 0.749. The lowest BCUT2D eigenvalue weighted by atomic mass is 10.1. The third kappa shape index (κ3) is 3.39. The van der Waals surface area contributed by atoms with Gasteiger partial charge in [0, 0.05) is 14.9 Å². The Morgan fingerprint density at radius 2 is 1.89 bits per heavy atom. The van der Waals surface area contributed by atoms with Gasteiger partial charge >= 0.3 is 0 Å². The summed E-state index contributed by atoms with van der Waals surface area (Å²) < 4.78 is 6.28. The number of methoxy groups -OCH3 is 1. The van der Waals surface area contributed by atoms with Crippen molar-refractivity contribution in [1.82, 2.24) is 0 Å². The number of ether oxygens (including phenoxy) is 1. The molecule has 2 aromatic carbocycles.